The molecule has 2 rings (SSSR count). The molecule has 1 aromatic heterocycles. The smallest absolute Gasteiger partial charge is 0.149 e. The number of ketones is 1. The van der Waals surface area contributed by atoms with Crippen molar-refractivity contribution < 1.29 is 4.79 Å². The fourth-order valence-electron chi connectivity index (χ4n) is 2.40. The summed E-state index contributed by atoms with van der Waals surface area (Å²) < 4.78 is 0. The summed E-state index contributed by atoms with van der Waals surface area (Å²) >= 11 is 1.78. The maximum absolute atomic E-state index is 11.9. The summed E-state index contributed by atoms with van der Waals surface area (Å²) in [6, 6.07) is 4.41. The zero-order valence-corrected chi connectivity index (χ0v) is 10.6. The average molecular weight is 237 g/mol. The third kappa shape index (κ3) is 2.71. The molecule has 1 aliphatic rings. The van der Waals surface area contributed by atoms with E-state index in [-0.39, 0.29) is 6.04 Å². The van der Waals surface area contributed by atoms with Crippen LogP contribution in [0.3, 0.4) is 0 Å². The predicted molar refractivity (Wildman–Crippen MR) is 67.7 cm³/mol. The molecule has 3 heteroatoms. The fourth-order valence-corrected chi connectivity index (χ4v) is 3.13. The second-order valence-corrected chi connectivity index (χ2v) is 5.40. The highest BCUT2D eigenvalue weighted by Crippen LogP contribution is 2.22. The van der Waals surface area contributed by atoms with Crippen LogP contribution in [0, 0.1) is 0 Å². The molecular weight excluding hydrogens is 218 g/mol. The summed E-state index contributed by atoms with van der Waals surface area (Å²) in [5, 5.41) is 2.10. The van der Waals surface area contributed by atoms with Crippen LogP contribution in [0.1, 0.15) is 37.5 Å². The van der Waals surface area contributed by atoms with Crippen molar-refractivity contribution in [3.05, 3.63) is 22.4 Å². The molecule has 2 nitrogen and oxygen atoms in total. The Labute approximate surface area is 101 Å². The Morgan fingerprint density at radius 2 is 2.38 bits per heavy atom. The van der Waals surface area contributed by atoms with Gasteiger partial charge in [-0.1, -0.05) is 19.4 Å². The van der Waals surface area contributed by atoms with E-state index in [0.29, 0.717) is 5.78 Å². The number of rotatable bonds is 4. The Hall–Kier alpha value is -0.670. The van der Waals surface area contributed by atoms with Gasteiger partial charge in [0.25, 0.3) is 0 Å². The van der Waals surface area contributed by atoms with E-state index >= 15 is 0 Å². The van der Waals surface area contributed by atoms with Crippen molar-refractivity contribution in [2.45, 2.75) is 45.2 Å². The van der Waals surface area contributed by atoms with Gasteiger partial charge in [-0.3, -0.25) is 9.69 Å². The van der Waals surface area contributed by atoms with E-state index in [1.807, 2.05) is 0 Å². The van der Waals surface area contributed by atoms with Crippen LogP contribution in [-0.4, -0.2) is 23.3 Å². The maximum atomic E-state index is 11.9. The highest BCUT2D eigenvalue weighted by Gasteiger charge is 2.27. The Morgan fingerprint density at radius 1 is 1.50 bits per heavy atom. The molecule has 16 heavy (non-hydrogen) atoms. The fraction of sp³-hybridized carbons (Fsp3) is 0.615. The monoisotopic (exact) mass is 237 g/mol. The van der Waals surface area contributed by atoms with Gasteiger partial charge in [0.15, 0.2) is 0 Å². The van der Waals surface area contributed by atoms with E-state index < -0.39 is 0 Å². The lowest BCUT2D eigenvalue weighted by atomic mass is 9.93. The van der Waals surface area contributed by atoms with Crippen LogP contribution in [0.25, 0.3) is 0 Å². The molecule has 1 aromatic rings. The van der Waals surface area contributed by atoms with Gasteiger partial charge in [-0.25, -0.2) is 0 Å². The maximum Gasteiger partial charge on any atom is 0.149 e. The lowest BCUT2D eigenvalue weighted by Crippen LogP contribution is -2.42. The van der Waals surface area contributed by atoms with Crippen molar-refractivity contribution in [1.29, 1.82) is 0 Å². The summed E-state index contributed by atoms with van der Waals surface area (Å²) in [5.41, 5.74) is 0. The van der Waals surface area contributed by atoms with Gasteiger partial charge in [-0.2, -0.15) is 0 Å². The lowest BCUT2D eigenvalue weighted by Gasteiger charge is -2.31. The van der Waals surface area contributed by atoms with Crippen molar-refractivity contribution in [2.75, 3.05) is 6.54 Å². The van der Waals surface area contributed by atoms with Crippen LogP contribution < -0.4 is 0 Å². The number of carbonyl (C=O) groups excluding carboxylic acids is 1. The van der Waals surface area contributed by atoms with E-state index in [2.05, 4.69) is 29.3 Å². The van der Waals surface area contributed by atoms with Gasteiger partial charge in [0.05, 0.1) is 6.04 Å². The third-order valence-electron chi connectivity index (χ3n) is 3.31. The third-order valence-corrected chi connectivity index (χ3v) is 4.17. The van der Waals surface area contributed by atoms with Gasteiger partial charge in [0.1, 0.15) is 5.78 Å². The molecule has 88 valence electrons. The van der Waals surface area contributed by atoms with Gasteiger partial charge >= 0.3 is 0 Å². The Morgan fingerprint density at radius 3 is 3.00 bits per heavy atom. The highest BCUT2D eigenvalue weighted by atomic mass is 32.1. The zero-order chi connectivity index (χ0) is 11.4. The molecule has 1 fully saturated rings. The molecule has 0 saturated heterocycles. The minimum Gasteiger partial charge on any atom is -0.298 e. The molecule has 1 unspecified atom stereocenters. The van der Waals surface area contributed by atoms with Crippen molar-refractivity contribution in [2.24, 2.45) is 0 Å². The highest BCUT2D eigenvalue weighted by molar-refractivity contribution is 7.09. The van der Waals surface area contributed by atoms with Crippen molar-refractivity contribution in [3.8, 4) is 0 Å². The topological polar surface area (TPSA) is 20.3 Å². The van der Waals surface area contributed by atoms with E-state index in [9.17, 15) is 4.79 Å². The Balaban J connectivity index is 2.00. The second kappa shape index (κ2) is 5.60. The summed E-state index contributed by atoms with van der Waals surface area (Å²) in [7, 11) is 0. The molecular formula is C13H19NOS. The van der Waals surface area contributed by atoms with Crippen LogP contribution in [0.5, 0.6) is 0 Å². The molecule has 1 heterocycles. The molecule has 1 atom stereocenters. The minimum absolute atomic E-state index is 0.181. The summed E-state index contributed by atoms with van der Waals surface area (Å²) in [4.78, 5) is 15.6. The standard InChI is InChI=1S/C13H19NOS/c1-2-14(10-11-6-5-9-16-11)12-7-3-4-8-13(12)15/h5-6,9,12H,2-4,7-8,10H2,1H3. The molecule has 0 amide bonds. The van der Waals surface area contributed by atoms with Crippen LogP contribution in [0.2, 0.25) is 0 Å². The molecule has 0 aromatic carbocycles. The van der Waals surface area contributed by atoms with Crippen molar-refractivity contribution >= 4 is 17.1 Å². The van der Waals surface area contributed by atoms with E-state index in [1.54, 1.807) is 11.3 Å². The molecule has 1 saturated carbocycles. The van der Waals surface area contributed by atoms with E-state index in [0.717, 1.165) is 32.4 Å². The average Bonchev–Trinajstić information content (AvgIpc) is 2.80. The number of Topliss-reactive ketones (excluding diaryl/α,β-unsaturated/α-hetero) is 1. The van der Waals surface area contributed by atoms with Crippen molar-refractivity contribution in [1.82, 2.24) is 4.90 Å². The number of hydrogen-bond donors (Lipinski definition) is 0. The predicted octanol–water partition coefficient (Wildman–Crippen LogP) is 3.08. The van der Waals surface area contributed by atoms with Crippen molar-refractivity contribution in [3.63, 3.8) is 0 Å². The van der Waals surface area contributed by atoms with E-state index in [1.165, 1.54) is 11.3 Å². The first kappa shape index (κ1) is 11.8. The normalized spacial score (nSPS) is 21.6. The Bertz CT molecular complexity index is 334. The number of likely N-dealkylation sites (N-methyl/N-ethyl adjacent to an activating group) is 1. The molecule has 1 aliphatic carbocycles. The minimum atomic E-state index is 0.181. The Kier molecular flexibility index (Phi) is 4.13. The number of hydrogen-bond acceptors (Lipinski definition) is 3. The number of carbonyl (C=O) groups is 1. The number of thiophene rings is 1. The molecule has 0 bridgehead atoms. The largest absolute Gasteiger partial charge is 0.298 e. The van der Waals surface area contributed by atoms with Gasteiger partial charge in [0, 0.05) is 17.8 Å². The quantitative estimate of drug-likeness (QED) is 0.802. The van der Waals surface area contributed by atoms with Gasteiger partial charge in [-0.05, 0) is 30.8 Å². The van der Waals surface area contributed by atoms with Crippen LogP contribution in [0.15, 0.2) is 17.5 Å². The van der Waals surface area contributed by atoms with Crippen LogP contribution >= 0.6 is 11.3 Å². The van der Waals surface area contributed by atoms with E-state index in [4.69, 9.17) is 0 Å². The zero-order valence-electron chi connectivity index (χ0n) is 9.82. The van der Waals surface area contributed by atoms with Crippen LogP contribution in [0.4, 0.5) is 0 Å². The lowest BCUT2D eigenvalue weighted by molar-refractivity contribution is -0.126. The van der Waals surface area contributed by atoms with Crippen LogP contribution in [-0.2, 0) is 11.3 Å². The molecule has 0 N–H and O–H groups in total. The molecule has 0 aliphatic heterocycles. The first-order valence-corrected chi connectivity index (χ1v) is 6.98. The first-order chi connectivity index (χ1) is 7.81. The van der Waals surface area contributed by atoms with Gasteiger partial charge < -0.3 is 0 Å². The summed E-state index contributed by atoms with van der Waals surface area (Å²) in [5.74, 6) is 0.449. The summed E-state index contributed by atoms with van der Waals surface area (Å²) in [6.45, 7) is 4.05. The second-order valence-electron chi connectivity index (χ2n) is 4.37. The van der Waals surface area contributed by atoms with Gasteiger partial charge in [0.2, 0.25) is 0 Å². The number of nitrogens with zero attached hydrogens (tertiary/aromatic N) is 1. The molecule has 0 radical (unpaired) electrons. The van der Waals surface area contributed by atoms with Gasteiger partial charge in [-0.15, -0.1) is 11.3 Å². The molecule has 0 spiro atoms. The first-order valence-electron chi connectivity index (χ1n) is 6.10. The SMILES string of the molecule is CCN(Cc1cccs1)C1CCCCC1=O. The summed E-state index contributed by atoms with van der Waals surface area (Å²) in [6.07, 6.45) is 4.13.